The van der Waals surface area contributed by atoms with Crippen LogP contribution in [0.2, 0.25) is 0 Å². The van der Waals surface area contributed by atoms with Gasteiger partial charge in [0, 0.05) is 19.4 Å². The Hall–Kier alpha value is -1.48. The Morgan fingerprint density at radius 3 is 2.45 bits per heavy atom. The van der Waals surface area contributed by atoms with Crippen LogP contribution in [0.15, 0.2) is 0 Å². The molecule has 1 N–H and O–H groups in total. The minimum Gasteiger partial charge on any atom is -0.379 e. The fraction of sp³-hybridized carbons (Fsp3) is 0.636. The van der Waals surface area contributed by atoms with Crippen LogP contribution in [-0.4, -0.2) is 53.8 Å². The summed E-state index contributed by atoms with van der Waals surface area (Å²) >= 11 is 2.99. The molecule has 1 rings (SSSR count). The van der Waals surface area contributed by atoms with E-state index in [1.165, 1.54) is 0 Å². The highest BCUT2D eigenvalue weighted by Crippen LogP contribution is 2.12. The topological polar surface area (TPSA) is 102 Å². The van der Waals surface area contributed by atoms with Gasteiger partial charge in [-0.1, -0.05) is 15.9 Å². The number of carbonyl (C=O) groups is 4. The molecule has 8 nitrogen and oxygen atoms in total. The van der Waals surface area contributed by atoms with Crippen LogP contribution in [0.25, 0.3) is 0 Å². The molecule has 0 spiro atoms. The number of nitrogens with zero attached hydrogens (tertiary/aromatic N) is 1. The van der Waals surface area contributed by atoms with Gasteiger partial charge in [-0.05, 0) is 0 Å². The van der Waals surface area contributed by atoms with Crippen molar-refractivity contribution < 1.29 is 28.8 Å². The fourth-order valence-electron chi connectivity index (χ4n) is 1.37. The van der Waals surface area contributed by atoms with Crippen molar-refractivity contribution in [1.82, 2.24) is 10.4 Å². The first kappa shape index (κ1) is 16.6. The largest absolute Gasteiger partial charge is 0.379 e. The Morgan fingerprint density at radius 1 is 1.20 bits per heavy atom. The van der Waals surface area contributed by atoms with Crippen molar-refractivity contribution in [1.29, 1.82) is 0 Å². The number of rotatable bonds is 8. The van der Waals surface area contributed by atoms with Crippen molar-refractivity contribution in [2.75, 3.05) is 25.1 Å². The molecule has 0 bridgehead atoms. The van der Waals surface area contributed by atoms with Crippen LogP contribution in [0.3, 0.4) is 0 Å². The third-order valence-corrected chi connectivity index (χ3v) is 2.85. The zero-order valence-electron chi connectivity index (χ0n) is 10.7. The van der Waals surface area contributed by atoms with Crippen LogP contribution in [-0.2, 0) is 28.8 Å². The number of ether oxygens (including phenoxy) is 1. The van der Waals surface area contributed by atoms with E-state index < -0.39 is 17.8 Å². The molecule has 0 unspecified atom stereocenters. The van der Waals surface area contributed by atoms with Gasteiger partial charge in [-0.3, -0.25) is 14.4 Å². The maximum Gasteiger partial charge on any atom is 0.335 e. The number of carbonyl (C=O) groups excluding carboxylic acids is 4. The predicted octanol–water partition coefficient (Wildman–Crippen LogP) is -0.489. The molecule has 9 heteroatoms. The van der Waals surface area contributed by atoms with E-state index in [9.17, 15) is 19.2 Å². The van der Waals surface area contributed by atoms with Gasteiger partial charge < -0.3 is 14.9 Å². The predicted molar refractivity (Wildman–Crippen MR) is 69.4 cm³/mol. The molecule has 0 aromatic rings. The van der Waals surface area contributed by atoms with E-state index in [4.69, 9.17) is 4.74 Å². The summed E-state index contributed by atoms with van der Waals surface area (Å²) in [4.78, 5) is 49.2. The molecule has 1 aliphatic heterocycles. The molecule has 1 saturated heterocycles. The van der Waals surface area contributed by atoms with Crippen molar-refractivity contribution in [2.45, 2.75) is 19.3 Å². The molecule has 112 valence electrons. The standard InChI is InChI=1S/C11H15BrN2O6/c12-7-8(15)13-4-6-19-5-3-11(18)20-14-9(16)1-2-10(14)17/h1-7H2,(H,13,15). The van der Waals surface area contributed by atoms with Gasteiger partial charge in [0.05, 0.1) is 25.0 Å². The second-order valence-electron chi connectivity index (χ2n) is 3.89. The molecule has 0 saturated carbocycles. The molecule has 0 aromatic heterocycles. The molecular formula is C11H15BrN2O6. The first-order valence-electron chi connectivity index (χ1n) is 6.01. The number of amides is 3. The lowest BCUT2D eigenvalue weighted by Gasteiger charge is -2.12. The van der Waals surface area contributed by atoms with Crippen LogP contribution in [0.1, 0.15) is 19.3 Å². The number of hydrogen-bond donors (Lipinski definition) is 1. The van der Waals surface area contributed by atoms with E-state index in [1.807, 2.05) is 0 Å². The van der Waals surface area contributed by atoms with Crippen LogP contribution >= 0.6 is 15.9 Å². The van der Waals surface area contributed by atoms with Gasteiger partial charge in [-0.15, -0.1) is 5.06 Å². The van der Waals surface area contributed by atoms with E-state index in [0.717, 1.165) is 0 Å². The first-order chi connectivity index (χ1) is 9.54. The Balaban J connectivity index is 2.07. The summed E-state index contributed by atoms with van der Waals surface area (Å²) < 4.78 is 5.10. The number of hydrogen-bond acceptors (Lipinski definition) is 6. The quantitative estimate of drug-likeness (QED) is 0.360. The van der Waals surface area contributed by atoms with Gasteiger partial charge in [-0.25, -0.2) is 4.79 Å². The highest BCUT2D eigenvalue weighted by atomic mass is 79.9. The molecule has 20 heavy (non-hydrogen) atoms. The van der Waals surface area contributed by atoms with Crippen molar-refractivity contribution in [2.24, 2.45) is 0 Å². The third kappa shape index (κ3) is 5.66. The maximum absolute atomic E-state index is 11.4. The van der Waals surface area contributed by atoms with Gasteiger partial charge in [0.25, 0.3) is 11.8 Å². The summed E-state index contributed by atoms with van der Waals surface area (Å²) in [6, 6.07) is 0. The molecule has 1 heterocycles. The van der Waals surface area contributed by atoms with Gasteiger partial charge in [0.2, 0.25) is 5.91 Å². The minimum absolute atomic E-state index is 0.0654. The maximum atomic E-state index is 11.4. The smallest absolute Gasteiger partial charge is 0.335 e. The highest BCUT2D eigenvalue weighted by molar-refractivity contribution is 9.09. The van der Waals surface area contributed by atoms with E-state index in [2.05, 4.69) is 26.1 Å². The van der Waals surface area contributed by atoms with Crippen molar-refractivity contribution in [3.63, 3.8) is 0 Å². The number of alkyl halides is 1. The monoisotopic (exact) mass is 350 g/mol. The van der Waals surface area contributed by atoms with Crippen LogP contribution in [0, 0.1) is 0 Å². The normalized spacial score (nSPS) is 14.6. The van der Waals surface area contributed by atoms with Gasteiger partial charge in [0.15, 0.2) is 0 Å². The highest BCUT2D eigenvalue weighted by Gasteiger charge is 2.32. The lowest BCUT2D eigenvalue weighted by molar-refractivity contribution is -0.198. The number of imide groups is 1. The zero-order chi connectivity index (χ0) is 15.0. The van der Waals surface area contributed by atoms with Crippen LogP contribution in [0.5, 0.6) is 0 Å². The van der Waals surface area contributed by atoms with Crippen molar-refractivity contribution in [3.05, 3.63) is 0 Å². The van der Waals surface area contributed by atoms with Crippen LogP contribution in [0.4, 0.5) is 0 Å². The van der Waals surface area contributed by atoms with E-state index in [1.54, 1.807) is 0 Å². The molecule has 3 amide bonds. The van der Waals surface area contributed by atoms with E-state index in [0.29, 0.717) is 11.6 Å². The lowest BCUT2D eigenvalue weighted by Crippen LogP contribution is -2.32. The molecule has 0 aromatic carbocycles. The molecule has 0 radical (unpaired) electrons. The lowest BCUT2D eigenvalue weighted by atomic mass is 10.4. The Labute approximate surface area is 123 Å². The molecule has 0 atom stereocenters. The minimum atomic E-state index is -0.710. The van der Waals surface area contributed by atoms with E-state index in [-0.39, 0.29) is 43.7 Å². The number of nitrogens with one attached hydrogen (secondary N) is 1. The molecule has 1 aliphatic rings. The Kier molecular flexibility index (Phi) is 7.16. The average molecular weight is 351 g/mol. The summed E-state index contributed by atoms with van der Waals surface area (Å²) in [5, 5.41) is 3.28. The van der Waals surface area contributed by atoms with Crippen molar-refractivity contribution in [3.8, 4) is 0 Å². The molecule has 0 aliphatic carbocycles. The van der Waals surface area contributed by atoms with Gasteiger partial charge in [-0.2, -0.15) is 0 Å². The summed E-state index contributed by atoms with van der Waals surface area (Å²) in [7, 11) is 0. The van der Waals surface area contributed by atoms with Gasteiger partial charge in [0.1, 0.15) is 0 Å². The zero-order valence-corrected chi connectivity index (χ0v) is 12.3. The molecule has 1 fully saturated rings. The molecular weight excluding hydrogens is 336 g/mol. The van der Waals surface area contributed by atoms with Crippen LogP contribution < -0.4 is 5.32 Å². The van der Waals surface area contributed by atoms with Crippen molar-refractivity contribution >= 4 is 39.6 Å². The third-order valence-electron chi connectivity index (χ3n) is 2.34. The summed E-state index contributed by atoms with van der Waals surface area (Å²) in [6.07, 6.45) is 0.0508. The Bertz CT molecular complexity index is 384. The Morgan fingerprint density at radius 2 is 1.85 bits per heavy atom. The second kappa shape index (κ2) is 8.64. The van der Waals surface area contributed by atoms with E-state index >= 15 is 0 Å². The second-order valence-corrected chi connectivity index (χ2v) is 4.45. The van der Waals surface area contributed by atoms with Gasteiger partial charge >= 0.3 is 5.97 Å². The number of hydroxylamine groups is 2. The first-order valence-corrected chi connectivity index (χ1v) is 7.13. The SMILES string of the molecule is O=C(CBr)NCCOCCC(=O)ON1C(=O)CCC1=O. The summed E-state index contributed by atoms with van der Waals surface area (Å²) in [5.41, 5.74) is 0. The fourth-order valence-corrected chi connectivity index (χ4v) is 1.57. The number of halogens is 1. The summed E-state index contributed by atoms with van der Waals surface area (Å²) in [6.45, 7) is 0.676. The average Bonchev–Trinajstić information content (AvgIpc) is 2.74. The summed E-state index contributed by atoms with van der Waals surface area (Å²) in [5.74, 6) is -1.89.